The van der Waals surface area contributed by atoms with Crippen molar-refractivity contribution in [1.82, 2.24) is 5.16 Å². The fraction of sp³-hybridized carbons (Fsp3) is 0.273. The molecule has 2 heterocycles. The second kappa shape index (κ2) is 9.45. The maximum absolute atomic E-state index is 11.4. The van der Waals surface area contributed by atoms with E-state index in [0.29, 0.717) is 28.9 Å². The standard InChI is InChI=1S/C22H20ClNO5S/c1-26-21(25)12-28-18-8-9-20(22-17(18)3-2-10-27-22)30-13-16-11-19(29-24-16)14-4-6-15(23)7-5-14/h4-9,11H,2-3,10,12-13H2,1H3. The van der Waals surface area contributed by atoms with Crippen LogP contribution in [0, 0.1) is 0 Å². The summed E-state index contributed by atoms with van der Waals surface area (Å²) in [6.45, 7) is 0.535. The van der Waals surface area contributed by atoms with Crippen molar-refractivity contribution in [1.29, 1.82) is 0 Å². The zero-order chi connectivity index (χ0) is 20.9. The van der Waals surface area contributed by atoms with Crippen LogP contribution in [0.3, 0.4) is 0 Å². The molecule has 0 amide bonds. The molecule has 0 atom stereocenters. The van der Waals surface area contributed by atoms with Crippen molar-refractivity contribution in [3.8, 4) is 22.8 Å². The number of aromatic nitrogens is 1. The third-order valence-electron chi connectivity index (χ3n) is 4.64. The molecule has 0 bridgehead atoms. The quantitative estimate of drug-likeness (QED) is 0.367. The molecule has 2 aromatic carbocycles. The molecule has 1 aliphatic rings. The van der Waals surface area contributed by atoms with Crippen LogP contribution in [-0.4, -0.2) is 31.4 Å². The highest BCUT2D eigenvalue weighted by atomic mass is 35.5. The lowest BCUT2D eigenvalue weighted by Crippen LogP contribution is -2.15. The number of fused-ring (bicyclic) bond motifs is 1. The van der Waals surface area contributed by atoms with E-state index in [1.807, 2.05) is 42.5 Å². The highest BCUT2D eigenvalue weighted by molar-refractivity contribution is 7.98. The number of hydrogen-bond acceptors (Lipinski definition) is 7. The molecule has 0 N–H and O–H groups in total. The summed E-state index contributed by atoms with van der Waals surface area (Å²) in [6, 6.07) is 13.2. The summed E-state index contributed by atoms with van der Waals surface area (Å²) in [6.07, 6.45) is 1.74. The molecule has 0 aliphatic carbocycles. The first-order chi connectivity index (χ1) is 14.6. The van der Waals surface area contributed by atoms with E-state index in [-0.39, 0.29) is 6.61 Å². The Bertz CT molecular complexity index is 1030. The number of thioether (sulfide) groups is 1. The number of esters is 1. The van der Waals surface area contributed by atoms with E-state index in [0.717, 1.165) is 40.3 Å². The van der Waals surface area contributed by atoms with Gasteiger partial charge >= 0.3 is 5.97 Å². The van der Waals surface area contributed by atoms with Gasteiger partial charge in [0.2, 0.25) is 0 Å². The Morgan fingerprint density at radius 2 is 2.07 bits per heavy atom. The van der Waals surface area contributed by atoms with Crippen molar-refractivity contribution in [2.24, 2.45) is 0 Å². The van der Waals surface area contributed by atoms with E-state index in [9.17, 15) is 4.79 Å². The van der Waals surface area contributed by atoms with Crippen LogP contribution in [0.15, 0.2) is 51.9 Å². The predicted octanol–water partition coefficient (Wildman–Crippen LogP) is 5.16. The molecule has 0 saturated heterocycles. The zero-order valence-electron chi connectivity index (χ0n) is 16.4. The Hall–Kier alpha value is -2.64. The Balaban J connectivity index is 1.47. The Morgan fingerprint density at radius 1 is 1.23 bits per heavy atom. The van der Waals surface area contributed by atoms with Crippen molar-refractivity contribution >= 4 is 29.3 Å². The molecule has 0 fully saturated rings. The van der Waals surface area contributed by atoms with Gasteiger partial charge in [-0.15, -0.1) is 11.8 Å². The van der Waals surface area contributed by atoms with Crippen LogP contribution in [0.5, 0.6) is 11.5 Å². The highest BCUT2D eigenvalue weighted by Crippen LogP contribution is 2.42. The van der Waals surface area contributed by atoms with Crippen LogP contribution in [0.4, 0.5) is 0 Å². The number of carbonyl (C=O) groups is 1. The molecule has 0 saturated carbocycles. The highest BCUT2D eigenvalue weighted by Gasteiger charge is 2.21. The summed E-state index contributed by atoms with van der Waals surface area (Å²) in [4.78, 5) is 12.4. The van der Waals surface area contributed by atoms with Gasteiger partial charge in [-0.1, -0.05) is 16.8 Å². The van der Waals surface area contributed by atoms with Gasteiger partial charge in [-0.2, -0.15) is 0 Å². The summed E-state index contributed by atoms with van der Waals surface area (Å²) in [5.74, 6) is 2.39. The van der Waals surface area contributed by atoms with Gasteiger partial charge in [-0.05, 0) is 49.2 Å². The molecule has 30 heavy (non-hydrogen) atoms. The maximum Gasteiger partial charge on any atom is 0.343 e. The topological polar surface area (TPSA) is 70.8 Å². The lowest BCUT2D eigenvalue weighted by molar-refractivity contribution is -0.142. The third-order valence-corrected chi connectivity index (χ3v) is 5.96. The van der Waals surface area contributed by atoms with Crippen LogP contribution in [-0.2, 0) is 21.7 Å². The molecule has 3 aromatic rings. The maximum atomic E-state index is 11.4. The van der Waals surface area contributed by atoms with Gasteiger partial charge in [-0.3, -0.25) is 0 Å². The minimum atomic E-state index is -0.415. The minimum Gasteiger partial charge on any atom is -0.492 e. The van der Waals surface area contributed by atoms with Crippen LogP contribution in [0.2, 0.25) is 5.02 Å². The van der Waals surface area contributed by atoms with Gasteiger partial charge in [0, 0.05) is 28.0 Å². The number of ether oxygens (including phenoxy) is 3. The third kappa shape index (κ3) is 4.74. The molecular weight excluding hydrogens is 426 g/mol. The molecule has 6 nitrogen and oxygen atoms in total. The molecule has 156 valence electrons. The number of benzene rings is 2. The van der Waals surface area contributed by atoms with Crippen molar-refractivity contribution in [2.45, 2.75) is 23.5 Å². The molecule has 0 spiro atoms. The zero-order valence-corrected chi connectivity index (χ0v) is 17.9. The summed E-state index contributed by atoms with van der Waals surface area (Å²) in [5.41, 5.74) is 2.74. The normalized spacial score (nSPS) is 12.7. The van der Waals surface area contributed by atoms with Crippen LogP contribution < -0.4 is 9.47 Å². The Kier molecular flexibility index (Phi) is 6.50. The van der Waals surface area contributed by atoms with E-state index >= 15 is 0 Å². The van der Waals surface area contributed by atoms with Crippen molar-refractivity contribution in [3.05, 3.63) is 58.7 Å². The average molecular weight is 446 g/mol. The van der Waals surface area contributed by atoms with Crippen LogP contribution in [0.25, 0.3) is 11.3 Å². The van der Waals surface area contributed by atoms with Crippen LogP contribution >= 0.6 is 23.4 Å². The molecule has 0 unspecified atom stereocenters. The second-order valence-electron chi connectivity index (χ2n) is 6.66. The van der Waals surface area contributed by atoms with E-state index in [4.69, 9.17) is 25.6 Å². The van der Waals surface area contributed by atoms with E-state index in [1.54, 1.807) is 11.8 Å². The Labute approximate surface area is 183 Å². The van der Waals surface area contributed by atoms with Gasteiger partial charge in [0.05, 0.1) is 24.3 Å². The summed E-state index contributed by atoms with van der Waals surface area (Å²) in [5, 5.41) is 4.85. The average Bonchev–Trinajstić information content (AvgIpc) is 3.25. The summed E-state index contributed by atoms with van der Waals surface area (Å²) >= 11 is 7.56. The van der Waals surface area contributed by atoms with E-state index < -0.39 is 5.97 Å². The number of hydrogen-bond donors (Lipinski definition) is 0. The number of nitrogens with zero attached hydrogens (tertiary/aromatic N) is 1. The molecule has 8 heteroatoms. The molecule has 0 radical (unpaired) electrons. The number of carbonyl (C=O) groups excluding carboxylic acids is 1. The van der Waals surface area contributed by atoms with Crippen molar-refractivity contribution in [2.75, 3.05) is 20.3 Å². The SMILES string of the molecule is COC(=O)COc1ccc(SCc2cc(-c3ccc(Cl)cc3)on2)c2c1CCCO2. The number of methoxy groups -OCH3 is 1. The number of rotatable bonds is 7. The monoisotopic (exact) mass is 445 g/mol. The summed E-state index contributed by atoms with van der Waals surface area (Å²) in [7, 11) is 1.34. The molecule has 1 aliphatic heterocycles. The second-order valence-corrected chi connectivity index (χ2v) is 8.12. The van der Waals surface area contributed by atoms with Gasteiger partial charge in [0.1, 0.15) is 11.5 Å². The minimum absolute atomic E-state index is 0.123. The molecular formula is C22H20ClNO5S. The fourth-order valence-corrected chi connectivity index (χ4v) is 4.18. The first kappa shape index (κ1) is 20.6. The van der Waals surface area contributed by atoms with Gasteiger partial charge in [0.25, 0.3) is 0 Å². The van der Waals surface area contributed by atoms with Crippen molar-refractivity contribution in [3.63, 3.8) is 0 Å². The lowest BCUT2D eigenvalue weighted by Gasteiger charge is -2.22. The first-order valence-corrected chi connectivity index (χ1v) is 10.8. The predicted molar refractivity (Wildman–Crippen MR) is 114 cm³/mol. The smallest absolute Gasteiger partial charge is 0.343 e. The van der Waals surface area contributed by atoms with Gasteiger partial charge in [0.15, 0.2) is 12.4 Å². The molecule has 1 aromatic heterocycles. The first-order valence-electron chi connectivity index (χ1n) is 9.46. The largest absolute Gasteiger partial charge is 0.492 e. The van der Waals surface area contributed by atoms with Gasteiger partial charge in [-0.25, -0.2) is 4.79 Å². The summed E-state index contributed by atoms with van der Waals surface area (Å²) < 4.78 is 21.7. The van der Waals surface area contributed by atoms with E-state index in [1.165, 1.54) is 7.11 Å². The van der Waals surface area contributed by atoms with E-state index in [2.05, 4.69) is 9.89 Å². The van der Waals surface area contributed by atoms with Crippen molar-refractivity contribution < 1.29 is 23.5 Å². The van der Waals surface area contributed by atoms with Crippen LogP contribution in [0.1, 0.15) is 17.7 Å². The number of halogens is 1. The Morgan fingerprint density at radius 3 is 2.87 bits per heavy atom. The lowest BCUT2D eigenvalue weighted by atomic mass is 10.1. The van der Waals surface area contributed by atoms with Gasteiger partial charge < -0.3 is 18.7 Å². The molecule has 4 rings (SSSR count). The fourth-order valence-electron chi connectivity index (χ4n) is 3.13.